The van der Waals surface area contributed by atoms with E-state index >= 15 is 0 Å². The lowest BCUT2D eigenvalue weighted by molar-refractivity contribution is -0.118. The highest BCUT2D eigenvalue weighted by Gasteiger charge is 2.25. The second kappa shape index (κ2) is 10.9. The van der Waals surface area contributed by atoms with E-state index in [2.05, 4.69) is 10.6 Å². The summed E-state index contributed by atoms with van der Waals surface area (Å²) in [6.07, 6.45) is 3.70. The Morgan fingerprint density at radius 2 is 1.94 bits per heavy atom. The second-order valence-corrected chi connectivity index (χ2v) is 8.89. The SMILES string of the molecule is CSCCC(NC(=O)c1ccccc1Cl)C(=O)Nc1ccc(N2CCCC2=O)c(Cl)c1. The van der Waals surface area contributed by atoms with Gasteiger partial charge in [-0.15, -0.1) is 0 Å². The number of rotatable bonds is 8. The molecule has 0 aromatic heterocycles. The van der Waals surface area contributed by atoms with Crippen molar-refractivity contribution in [2.45, 2.75) is 25.3 Å². The maximum absolute atomic E-state index is 12.9. The molecule has 3 rings (SSSR count). The van der Waals surface area contributed by atoms with E-state index in [-0.39, 0.29) is 11.8 Å². The van der Waals surface area contributed by atoms with E-state index in [1.54, 1.807) is 59.1 Å². The molecule has 31 heavy (non-hydrogen) atoms. The van der Waals surface area contributed by atoms with Gasteiger partial charge >= 0.3 is 0 Å². The normalized spacial score (nSPS) is 14.4. The monoisotopic (exact) mass is 479 g/mol. The lowest BCUT2D eigenvalue weighted by Crippen LogP contribution is -2.44. The number of carbonyl (C=O) groups excluding carboxylic acids is 3. The van der Waals surface area contributed by atoms with Crippen LogP contribution in [0.2, 0.25) is 10.0 Å². The molecule has 1 heterocycles. The Bertz CT molecular complexity index is 986. The molecule has 9 heteroatoms. The average Bonchev–Trinajstić information content (AvgIpc) is 3.17. The van der Waals surface area contributed by atoms with Gasteiger partial charge in [0.05, 0.1) is 21.3 Å². The molecule has 164 valence electrons. The van der Waals surface area contributed by atoms with Crippen LogP contribution in [-0.4, -0.2) is 42.3 Å². The molecular weight excluding hydrogens is 457 g/mol. The smallest absolute Gasteiger partial charge is 0.253 e. The van der Waals surface area contributed by atoms with Gasteiger partial charge in [0.1, 0.15) is 6.04 Å². The van der Waals surface area contributed by atoms with Crippen LogP contribution < -0.4 is 15.5 Å². The summed E-state index contributed by atoms with van der Waals surface area (Å²) in [5.41, 5.74) is 1.44. The Labute approximate surface area is 195 Å². The van der Waals surface area contributed by atoms with E-state index in [1.165, 1.54) is 0 Å². The van der Waals surface area contributed by atoms with E-state index in [9.17, 15) is 14.4 Å². The number of hydrogen-bond donors (Lipinski definition) is 2. The van der Waals surface area contributed by atoms with Gasteiger partial charge in [-0.05, 0) is 55.2 Å². The molecular formula is C22H23Cl2N3O3S. The zero-order valence-electron chi connectivity index (χ0n) is 17.0. The number of anilines is 2. The summed E-state index contributed by atoms with van der Waals surface area (Å²) < 4.78 is 0. The summed E-state index contributed by atoms with van der Waals surface area (Å²) in [6.45, 7) is 0.634. The van der Waals surface area contributed by atoms with Crippen LogP contribution in [0, 0.1) is 0 Å². The molecule has 6 nitrogen and oxygen atoms in total. The molecule has 3 amide bonds. The van der Waals surface area contributed by atoms with Crippen LogP contribution in [-0.2, 0) is 9.59 Å². The molecule has 1 fully saturated rings. The Balaban J connectivity index is 1.71. The molecule has 1 aliphatic heterocycles. The first-order valence-corrected chi connectivity index (χ1v) is 12.0. The van der Waals surface area contributed by atoms with Crippen molar-refractivity contribution < 1.29 is 14.4 Å². The van der Waals surface area contributed by atoms with Crippen LogP contribution in [0.5, 0.6) is 0 Å². The maximum Gasteiger partial charge on any atom is 0.253 e. The van der Waals surface area contributed by atoms with E-state index < -0.39 is 11.9 Å². The van der Waals surface area contributed by atoms with Gasteiger partial charge in [0.15, 0.2) is 0 Å². The highest BCUT2D eigenvalue weighted by molar-refractivity contribution is 7.98. The predicted molar refractivity (Wildman–Crippen MR) is 127 cm³/mol. The topological polar surface area (TPSA) is 78.5 Å². The molecule has 1 saturated heterocycles. The lowest BCUT2D eigenvalue weighted by atomic mass is 10.1. The van der Waals surface area contributed by atoms with E-state index in [0.29, 0.717) is 52.1 Å². The molecule has 1 aliphatic rings. The zero-order chi connectivity index (χ0) is 22.4. The fourth-order valence-corrected chi connectivity index (χ4v) is 4.30. The summed E-state index contributed by atoms with van der Waals surface area (Å²) in [7, 11) is 0. The van der Waals surface area contributed by atoms with Crippen molar-refractivity contribution in [2.75, 3.05) is 28.8 Å². The van der Waals surface area contributed by atoms with Crippen molar-refractivity contribution >= 4 is 64.1 Å². The fraction of sp³-hybridized carbons (Fsp3) is 0.318. The van der Waals surface area contributed by atoms with Crippen LogP contribution in [0.1, 0.15) is 29.6 Å². The highest BCUT2D eigenvalue weighted by atomic mass is 35.5. The lowest BCUT2D eigenvalue weighted by Gasteiger charge is -2.20. The number of carbonyl (C=O) groups is 3. The van der Waals surface area contributed by atoms with Crippen molar-refractivity contribution in [1.29, 1.82) is 0 Å². The zero-order valence-corrected chi connectivity index (χ0v) is 19.3. The van der Waals surface area contributed by atoms with E-state index in [0.717, 1.165) is 6.42 Å². The van der Waals surface area contributed by atoms with Gasteiger partial charge < -0.3 is 15.5 Å². The summed E-state index contributed by atoms with van der Waals surface area (Å²) in [5.74, 6) is -0.0288. The van der Waals surface area contributed by atoms with Crippen LogP contribution in [0.4, 0.5) is 11.4 Å². The van der Waals surface area contributed by atoms with Crippen LogP contribution in [0.25, 0.3) is 0 Å². The minimum absolute atomic E-state index is 0.0399. The molecule has 0 radical (unpaired) electrons. The van der Waals surface area contributed by atoms with Gasteiger partial charge in [0.2, 0.25) is 11.8 Å². The number of benzene rings is 2. The summed E-state index contributed by atoms with van der Waals surface area (Å²) >= 11 is 14.1. The van der Waals surface area contributed by atoms with Gasteiger partial charge in [-0.2, -0.15) is 11.8 Å². The molecule has 1 atom stereocenters. The molecule has 0 saturated carbocycles. The van der Waals surface area contributed by atoms with Gasteiger partial charge in [0.25, 0.3) is 5.91 Å². The molecule has 0 aliphatic carbocycles. The summed E-state index contributed by atoms with van der Waals surface area (Å²) in [4.78, 5) is 39.2. The average molecular weight is 480 g/mol. The minimum atomic E-state index is -0.741. The van der Waals surface area contributed by atoms with Crippen molar-refractivity contribution in [1.82, 2.24) is 5.32 Å². The Morgan fingerprint density at radius 3 is 2.58 bits per heavy atom. The highest BCUT2D eigenvalue weighted by Crippen LogP contribution is 2.31. The first-order chi connectivity index (χ1) is 14.9. The van der Waals surface area contributed by atoms with Crippen molar-refractivity contribution in [3.8, 4) is 0 Å². The number of halogens is 2. The van der Waals surface area contributed by atoms with Crippen LogP contribution in [0.15, 0.2) is 42.5 Å². The predicted octanol–water partition coefficient (Wildman–Crippen LogP) is 4.61. The van der Waals surface area contributed by atoms with Crippen molar-refractivity contribution in [3.63, 3.8) is 0 Å². The quantitative estimate of drug-likeness (QED) is 0.579. The van der Waals surface area contributed by atoms with Crippen LogP contribution >= 0.6 is 35.0 Å². The fourth-order valence-electron chi connectivity index (χ4n) is 3.32. The van der Waals surface area contributed by atoms with E-state index in [1.807, 2.05) is 6.26 Å². The Hall–Kier alpha value is -2.22. The molecule has 2 aromatic carbocycles. The van der Waals surface area contributed by atoms with Crippen molar-refractivity contribution in [3.05, 3.63) is 58.1 Å². The largest absolute Gasteiger partial charge is 0.340 e. The standard InChI is InChI=1S/C22H23Cl2N3O3S/c1-31-12-10-18(26-21(29)15-5-2-3-6-16(15)23)22(30)25-14-8-9-19(17(24)13-14)27-11-4-7-20(27)28/h2-3,5-6,8-9,13,18H,4,7,10-12H2,1H3,(H,25,30)(H,26,29). The first-order valence-electron chi connectivity index (χ1n) is 9.86. The molecule has 0 spiro atoms. The minimum Gasteiger partial charge on any atom is -0.340 e. The third kappa shape index (κ3) is 5.93. The number of hydrogen-bond acceptors (Lipinski definition) is 4. The molecule has 1 unspecified atom stereocenters. The number of amides is 3. The summed E-state index contributed by atoms with van der Waals surface area (Å²) in [6, 6.07) is 11.0. The number of thioether (sulfide) groups is 1. The Morgan fingerprint density at radius 1 is 1.16 bits per heavy atom. The van der Waals surface area contributed by atoms with E-state index in [4.69, 9.17) is 23.2 Å². The third-order valence-electron chi connectivity index (χ3n) is 4.93. The van der Waals surface area contributed by atoms with Gasteiger partial charge in [-0.25, -0.2) is 0 Å². The van der Waals surface area contributed by atoms with Gasteiger partial charge in [0, 0.05) is 18.7 Å². The molecule has 2 N–H and O–H groups in total. The third-order valence-corrected chi connectivity index (χ3v) is 6.21. The van der Waals surface area contributed by atoms with Crippen molar-refractivity contribution in [2.24, 2.45) is 0 Å². The summed E-state index contributed by atoms with van der Waals surface area (Å²) in [5, 5.41) is 6.28. The Kier molecular flexibility index (Phi) is 8.23. The second-order valence-electron chi connectivity index (χ2n) is 7.09. The van der Waals surface area contributed by atoms with Gasteiger partial charge in [-0.1, -0.05) is 35.3 Å². The first kappa shape index (κ1) is 23.4. The number of nitrogens with one attached hydrogen (secondary N) is 2. The molecule has 2 aromatic rings. The van der Waals surface area contributed by atoms with Crippen LogP contribution in [0.3, 0.4) is 0 Å². The molecule has 0 bridgehead atoms. The van der Waals surface area contributed by atoms with Gasteiger partial charge in [-0.3, -0.25) is 14.4 Å². The maximum atomic E-state index is 12.9. The number of nitrogens with zero attached hydrogens (tertiary/aromatic N) is 1.